The first-order valence-electron chi connectivity index (χ1n) is 8.21. The van der Waals surface area contributed by atoms with Crippen molar-refractivity contribution in [2.24, 2.45) is 5.92 Å². The van der Waals surface area contributed by atoms with Crippen LogP contribution < -0.4 is 4.74 Å². The number of benzene rings is 1. The van der Waals surface area contributed by atoms with Crippen LogP contribution >= 0.6 is 0 Å². The highest BCUT2D eigenvalue weighted by Crippen LogP contribution is 2.40. The summed E-state index contributed by atoms with van der Waals surface area (Å²) in [6.45, 7) is 6.50. The van der Waals surface area contributed by atoms with E-state index in [1.165, 1.54) is 0 Å². The number of aliphatic hydroxyl groups excluding tert-OH is 1. The number of nitrogens with zero attached hydrogens (tertiary/aromatic N) is 1. The van der Waals surface area contributed by atoms with Gasteiger partial charge < -0.3 is 24.6 Å². The maximum absolute atomic E-state index is 12.3. The molecule has 1 fully saturated rings. The van der Waals surface area contributed by atoms with Gasteiger partial charge in [0.2, 0.25) is 0 Å². The Bertz CT molecular complexity index is 581. The molecule has 1 aromatic carbocycles. The summed E-state index contributed by atoms with van der Waals surface area (Å²) in [7, 11) is 1.54. The Kier molecular flexibility index (Phi) is 5.59. The van der Waals surface area contributed by atoms with Crippen molar-refractivity contribution in [3.63, 3.8) is 0 Å². The van der Waals surface area contributed by atoms with Crippen molar-refractivity contribution in [3.05, 3.63) is 23.8 Å². The zero-order chi connectivity index (χ0) is 17.9. The number of rotatable bonds is 4. The summed E-state index contributed by atoms with van der Waals surface area (Å²) >= 11 is 0. The van der Waals surface area contributed by atoms with Gasteiger partial charge in [-0.25, -0.2) is 4.79 Å². The summed E-state index contributed by atoms with van der Waals surface area (Å²) < 4.78 is 10.6. The smallest absolute Gasteiger partial charge is 0.410 e. The minimum Gasteiger partial charge on any atom is -0.508 e. The minimum atomic E-state index is -0.552. The molecule has 6 heteroatoms. The van der Waals surface area contributed by atoms with Gasteiger partial charge in [0.05, 0.1) is 7.11 Å². The standard InChI is InChI=1S/C18H27NO5/c1-18(2,3)24-17(22)19-10-12(7-8-20)15(11-19)14-6-5-13(23-4)9-16(14)21/h5-6,9,12,15,20-21H,7-8,10-11H2,1-4H3. The van der Waals surface area contributed by atoms with Gasteiger partial charge in [0.1, 0.15) is 17.1 Å². The molecule has 6 nitrogen and oxygen atoms in total. The highest BCUT2D eigenvalue weighted by atomic mass is 16.6. The number of hydrogen-bond donors (Lipinski definition) is 2. The van der Waals surface area contributed by atoms with Crippen molar-refractivity contribution < 1.29 is 24.5 Å². The molecule has 2 atom stereocenters. The van der Waals surface area contributed by atoms with Crippen LogP contribution in [-0.4, -0.2) is 53.6 Å². The summed E-state index contributed by atoms with van der Waals surface area (Å²) in [5.74, 6) is 0.752. The number of methoxy groups -OCH3 is 1. The third kappa shape index (κ3) is 4.32. The van der Waals surface area contributed by atoms with Crippen molar-refractivity contribution in [1.29, 1.82) is 0 Å². The second-order valence-corrected chi connectivity index (χ2v) is 7.19. The van der Waals surface area contributed by atoms with E-state index in [1.807, 2.05) is 26.8 Å². The maximum atomic E-state index is 12.3. The number of aromatic hydroxyl groups is 1. The number of phenolic OH excluding ortho intramolecular Hbond substituents is 1. The molecule has 1 heterocycles. The number of ether oxygens (including phenoxy) is 2. The Morgan fingerprint density at radius 3 is 2.58 bits per heavy atom. The molecule has 2 N–H and O–H groups in total. The van der Waals surface area contributed by atoms with Crippen molar-refractivity contribution in [3.8, 4) is 11.5 Å². The molecule has 24 heavy (non-hydrogen) atoms. The third-order valence-electron chi connectivity index (χ3n) is 4.23. The Balaban J connectivity index is 2.20. The topological polar surface area (TPSA) is 79.2 Å². The molecule has 1 aliphatic rings. The predicted octanol–water partition coefficient (Wildman–Crippen LogP) is 2.73. The van der Waals surface area contributed by atoms with E-state index in [4.69, 9.17) is 9.47 Å². The Hall–Kier alpha value is -1.95. The van der Waals surface area contributed by atoms with Crippen LogP contribution in [0.3, 0.4) is 0 Å². The molecule has 0 spiro atoms. The second kappa shape index (κ2) is 7.30. The summed E-state index contributed by atoms with van der Waals surface area (Å²) in [4.78, 5) is 14.0. The molecular formula is C18H27NO5. The molecule has 2 unspecified atom stereocenters. The Labute approximate surface area is 143 Å². The molecular weight excluding hydrogens is 310 g/mol. The lowest BCUT2D eigenvalue weighted by Crippen LogP contribution is -2.35. The van der Waals surface area contributed by atoms with Gasteiger partial charge in [-0.05, 0) is 44.7 Å². The number of amides is 1. The van der Waals surface area contributed by atoms with E-state index < -0.39 is 5.60 Å². The first-order chi connectivity index (χ1) is 11.2. The van der Waals surface area contributed by atoms with Gasteiger partial charge >= 0.3 is 6.09 Å². The normalized spacial score (nSPS) is 21.0. The molecule has 1 aromatic rings. The first kappa shape index (κ1) is 18.4. The van der Waals surface area contributed by atoms with Crippen LogP contribution in [0.5, 0.6) is 11.5 Å². The van der Waals surface area contributed by atoms with E-state index >= 15 is 0 Å². The summed E-state index contributed by atoms with van der Waals surface area (Å²) in [6, 6.07) is 5.18. The average Bonchev–Trinajstić information content (AvgIpc) is 2.90. The molecule has 134 valence electrons. The van der Waals surface area contributed by atoms with E-state index in [9.17, 15) is 15.0 Å². The van der Waals surface area contributed by atoms with Crippen LogP contribution in [0.2, 0.25) is 0 Å². The van der Waals surface area contributed by atoms with Gasteiger partial charge in [0.15, 0.2) is 0 Å². The summed E-state index contributed by atoms with van der Waals surface area (Å²) in [6.07, 6.45) is 0.205. The van der Waals surface area contributed by atoms with Crippen LogP contribution in [0.4, 0.5) is 4.79 Å². The van der Waals surface area contributed by atoms with E-state index in [-0.39, 0.29) is 30.3 Å². The highest BCUT2D eigenvalue weighted by Gasteiger charge is 2.38. The zero-order valence-electron chi connectivity index (χ0n) is 14.8. The van der Waals surface area contributed by atoms with Crippen LogP contribution in [0, 0.1) is 5.92 Å². The lowest BCUT2D eigenvalue weighted by atomic mass is 9.86. The molecule has 2 rings (SSSR count). The number of carbonyl (C=O) groups excluding carboxylic acids is 1. The molecule has 0 aliphatic carbocycles. The van der Waals surface area contributed by atoms with Gasteiger partial charge in [-0.1, -0.05) is 6.07 Å². The molecule has 0 saturated carbocycles. The van der Waals surface area contributed by atoms with Gasteiger partial charge in [-0.3, -0.25) is 0 Å². The Morgan fingerprint density at radius 2 is 2.04 bits per heavy atom. The fraction of sp³-hybridized carbons (Fsp3) is 0.611. The van der Waals surface area contributed by atoms with Crippen molar-refractivity contribution >= 4 is 6.09 Å². The van der Waals surface area contributed by atoms with E-state index in [0.29, 0.717) is 25.3 Å². The molecule has 0 aromatic heterocycles. The van der Waals surface area contributed by atoms with Gasteiger partial charge in [-0.15, -0.1) is 0 Å². The lowest BCUT2D eigenvalue weighted by molar-refractivity contribution is 0.0284. The number of likely N-dealkylation sites (tertiary alicyclic amines) is 1. The van der Waals surface area contributed by atoms with Crippen molar-refractivity contribution in [2.45, 2.75) is 38.7 Å². The van der Waals surface area contributed by atoms with Crippen LogP contribution in [0.15, 0.2) is 18.2 Å². The van der Waals surface area contributed by atoms with Crippen LogP contribution in [0.25, 0.3) is 0 Å². The number of phenols is 1. The SMILES string of the molecule is COc1ccc(C2CN(C(=O)OC(C)(C)C)CC2CCO)c(O)c1. The maximum Gasteiger partial charge on any atom is 0.410 e. The summed E-state index contributed by atoms with van der Waals surface area (Å²) in [5.41, 5.74) is 0.212. The lowest BCUT2D eigenvalue weighted by Gasteiger charge is -2.24. The predicted molar refractivity (Wildman–Crippen MR) is 90.4 cm³/mol. The molecule has 1 aliphatic heterocycles. The van der Waals surface area contributed by atoms with Gasteiger partial charge in [0.25, 0.3) is 0 Å². The van der Waals surface area contributed by atoms with Crippen molar-refractivity contribution in [2.75, 3.05) is 26.8 Å². The summed E-state index contributed by atoms with van der Waals surface area (Å²) in [5, 5.41) is 19.6. The fourth-order valence-corrected chi connectivity index (χ4v) is 3.12. The molecule has 1 amide bonds. The second-order valence-electron chi connectivity index (χ2n) is 7.19. The van der Waals surface area contributed by atoms with Gasteiger partial charge in [0, 0.05) is 31.7 Å². The highest BCUT2D eigenvalue weighted by molar-refractivity contribution is 5.69. The van der Waals surface area contributed by atoms with E-state index in [1.54, 1.807) is 24.1 Å². The first-order valence-corrected chi connectivity index (χ1v) is 8.21. The molecule has 1 saturated heterocycles. The Morgan fingerprint density at radius 1 is 1.33 bits per heavy atom. The van der Waals surface area contributed by atoms with E-state index in [0.717, 1.165) is 5.56 Å². The minimum absolute atomic E-state index is 0.0419. The number of aliphatic hydroxyl groups is 1. The molecule has 0 bridgehead atoms. The zero-order valence-corrected chi connectivity index (χ0v) is 14.8. The molecule has 0 radical (unpaired) electrons. The van der Waals surface area contributed by atoms with Gasteiger partial charge in [-0.2, -0.15) is 0 Å². The third-order valence-corrected chi connectivity index (χ3v) is 4.23. The van der Waals surface area contributed by atoms with Crippen molar-refractivity contribution in [1.82, 2.24) is 4.90 Å². The average molecular weight is 337 g/mol. The number of hydrogen-bond acceptors (Lipinski definition) is 5. The quantitative estimate of drug-likeness (QED) is 0.883. The number of carbonyl (C=O) groups is 1. The fourth-order valence-electron chi connectivity index (χ4n) is 3.12. The largest absolute Gasteiger partial charge is 0.508 e. The van der Waals surface area contributed by atoms with E-state index in [2.05, 4.69) is 0 Å². The van der Waals surface area contributed by atoms with Crippen LogP contribution in [0.1, 0.15) is 38.7 Å². The van der Waals surface area contributed by atoms with Crippen LogP contribution in [-0.2, 0) is 4.74 Å². The monoisotopic (exact) mass is 337 g/mol.